The lowest BCUT2D eigenvalue weighted by Gasteiger charge is -2.18. The highest BCUT2D eigenvalue weighted by Crippen LogP contribution is 2.29. The Morgan fingerprint density at radius 1 is 1.23 bits per heavy atom. The second-order valence-corrected chi connectivity index (χ2v) is 4.23. The number of hydrogen-bond donors (Lipinski definition) is 1. The molecular weight excluding hydrogens is 192 g/mol. The third-order valence-electron chi connectivity index (χ3n) is 1.99. The monoisotopic (exact) mass is 204 g/mol. The molecule has 1 aliphatic carbocycles. The third kappa shape index (κ3) is 4.17. The molecule has 4 nitrogen and oxygen atoms in total. The molecule has 1 saturated carbocycles. The van der Waals surface area contributed by atoms with Gasteiger partial charge < -0.3 is 9.84 Å². The number of carboxylic acid groups (broad SMARTS) is 1. The van der Waals surface area contributed by atoms with Crippen LogP contribution in [-0.2, 0) is 4.74 Å². The zero-order valence-corrected chi connectivity index (χ0v) is 8.01. The van der Waals surface area contributed by atoms with Crippen LogP contribution >= 0.6 is 11.8 Å². The first-order valence-corrected chi connectivity index (χ1v) is 5.18. The zero-order chi connectivity index (χ0) is 9.68. The molecular formula is C8H12O4S. The summed E-state index contributed by atoms with van der Waals surface area (Å²) in [6, 6.07) is 0. The van der Waals surface area contributed by atoms with E-state index in [1.807, 2.05) is 0 Å². The van der Waals surface area contributed by atoms with Gasteiger partial charge in [-0.2, -0.15) is 0 Å². The van der Waals surface area contributed by atoms with Crippen LogP contribution in [0.3, 0.4) is 0 Å². The van der Waals surface area contributed by atoms with E-state index in [4.69, 9.17) is 5.11 Å². The molecule has 0 aliphatic heterocycles. The fraction of sp³-hybridized carbons (Fsp3) is 0.750. The van der Waals surface area contributed by atoms with Gasteiger partial charge in [-0.3, -0.25) is 0 Å². The highest BCUT2D eigenvalue weighted by atomic mass is 32.2. The lowest BCUT2D eigenvalue weighted by Crippen LogP contribution is -2.13. The summed E-state index contributed by atoms with van der Waals surface area (Å²) in [5.74, 6) is 0. The van der Waals surface area contributed by atoms with Gasteiger partial charge in [0.15, 0.2) is 0 Å². The largest absolute Gasteiger partial charge is 0.514 e. The van der Waals surface area contributed by atoms with Crippen molar-refractivity contribution in [1.82, 2.24) is 0 Å². The van der Waals surface area contributed by atoms with E-state index in [1.165, 1.54) is 6.42 Å². The van der Waals surface area contributed by atoms with Crippen LogP contribution in [0.15, 0.2) is 0 Å². The van der Waals surface area contributed by atoms with Gasteiger partial charge in [-0.1, -0.05) is 19.3 Å². The number of carbonyl (C=O) groups excluding carboxylic acids is 1. The van der Waals surface area contributed by atoms with Gasteiger partial charge in [-0.15, -0.1) is 0 Å². The number of hydrogen-bond acceptors (Lipinski definition) is 4. The Labute approximate surface area is 80.6 Å². The fourth-order valence-corrected chi connectivity index (χ4v) is 2.38. The first kappa shape index (κ1) is 10.4. The molecule has 0 amide bonds. The van der Waals surface area contributed by atoms with E-state index in [-0.39, 0.29) is 5.25 Å². The summed E-state index contributed by atoms with van der Waals surface area (Å²) in [5.41, 5.74) is 0. The van der Waals surface area contributed by atoms with Crippen molar-refractivity contribution in [2.24, 2.45) is 0 Å². The molecule has 0 aromatic heterocycles. The highest BCUT2D eigenvalue weighted by molar-refractivity contribution is 8.13. The van der Waals surface area contributed by atoms with Gasteiger partial charge in [0.2, 0.25) is 0 Å². The molecule has 1 fully saturated rings. The minimum atomic E-state index is -1.52. The Kier molecular flexibility index (Phi) is 4.08. The van der Waals surface area contributed by atoms with Crippen LogP contribution in [0, 0.1) is 0 Å². The van der Waals surface area contributed by atoms with Gasteiger partial charge in [0, 0.05) is 5.25 Å². The van der Waals surface area contributed by atoms with Gasteiger partial charge in [-0.25, -0.2) is 9.59 Å². The van der Waals surface area contributed by atoms with E-state index in [2.05, 4.69) is 4.74 Å². The Balaban J connectivity index is 2.22. The maximum Gasteiger partial charge on any atom is 0.514 e. The van der Waals surface area contributed by atoms with E-state index in [0.717, 1.165) is 37.4 Å². The maximum absolute atomic E-state index is 10.9. The molecule has 1 rings (SSSR count). The van der Waals surface area contributed by atoms with Crippen LogP contribution in [-0.4, -0.2) is 21.8 Å². The summed E-state index contributed by atoms with van der Waals surface area (Å²) in [5, 5.41) is 7.71. The van der Waals surface area contributed by atoms with E-state index in [1.54, 1.807) is 0 Å². The number of carbonyl (C=O) groups is 2. The number of ether oxygens (including phenoxy) is 1. The summed E-state index contributed by atoms with van der Waals surface area (Å²) < 4.78 is 3.99. The van der Waals surface area contributed by atoms with Gasteiger partial charge in [-0.05, 0) is 24.6 Å². The van der Waals surface area contributed by atoms with Crippen molar-refractivity contribution in [2.75, 3.05) is 0 Å². The van der Waals surface area contributed by atoms with Crippen molar-refractivity contribution in [3.63, 3.8) is 0 Å². The average Bonchev–Trinajstić information content (AvgIpc) is 2.04. The van der Waals surface area contributed by atoms with Gasteiger partial charge in [0.25, 0.3) is 0 Å². The first-order chi connectivity index (χ1) is 6.18. The van der Waals surface area contributed by atoms with Gasteiger partial charge in [0.05, 0.1) is 0 Å². The summed E-state index contributed by atoms with van der Waals surface area (Å²) in [6.45, 7) is 0. The summed E-state index contributed by atoms with van der Waals surface area (Å²) in [7, 11) is 0. The lowest BCUT2D eigenvalue weighted by molar-refractivity contribution is 0.121. The second-order valence-electron chi connectivity index (χ2n) is 3.00. The van der Waals surface area contributed by atoms with Crippen LogP contribution < -0.4 is 0 Å². The Morgan fingerprint density at radius 2 is 1.85 bits per heavy atom. The lowest BCUT2D eigenvalue weighted by atomic mass is 10.0. The molecule has 0 aromatic rings. The topological polar surface area (TPSA) is 63.6 Å². The molecule has 0 spiro atoms. The molecule has 0 saturated heterocycles. The standard InChI is InChI=1S/C8H12O4S/c9-7(10)12-8(11)13-6-4-2-1-3-5-6/h6H,1-5H2,(H,9,10). The van der Waals surface area contributed by atoms with Crippen LogP contribution in [0.5, 0.6) is 0 Å². The molecule has 0 radical (unpaired) electrons. The Morgan fingerprint density at radius 3 is 2.38 bits per heavy atom. The molecule has 0 heterocycles. The quantitative estimate of drug-likeness (QED) is 0.525. The van der Waals surface area contributed by atoms with Crippen LogP contribution in [0.2, 0.25) is 0 Å². The van der Waals surface area contributed by atoms with E-state index >= 15 is 0 Å². The third-order valence-corrected chi connectivity index (χ3v) is 3.07. The van der Waals surface area contributed by atoms with Crippen molar-refractivity contribution in [3.8, 4) is 0 Å². The van der Waals surface area contributed by atoms with E-state index in [0.29, 0.717) is 0 Å². The van der Waals surface area contributed by atoms with Gasteiger partial charge in [0.1, 0.15) is 0 Å². The predicted octanol–water partition coefficient (Wildman–Crippen LogP) is 2.87. The molecule has 1 N–H and O–H groups in total. The van der Waals surface area contributed by atoms with Crippen molar-refractivity contribution in [3.05, 3.63) is 0 Å². The molecule has 1 aliphatic rings. The molecule has 0 unspecified atom stereocenters. The first-order valence-electron chi connectivity index (χ1n) is 4.30. The van der Waals surface area contributed by atoms with Crippen LogP contribution in [0.25, 0.3) is 0 Å². The van der Waals surface area contributed by atoms with E-state index < -0.39 is 11.5 Å². The van der Waals surface area contributed by atoms with Crippen molar-refractivity contribution in [2.45, 2.75) is 37.4 Å². The molecule has 5 heteroatoms. The van der Waals surface area contributed by atoms with Crippen molar-refractivity contribution >= 4 is 23.2 Å². The SMILES string of the molecule is O=C(O)OC(=O)SC1CCCCC1. The molecule has 0 bridgehead atoms. The molecule has 13 heavy (non-hydrogen) atoms. The maximum atomic E-state index is 10.9. The predicted molar refractivity (Wildman–Crippen MR) is 49.0 cm³/mol. The molecule has 0 atom stereocenters. The zero-order valence-electron chi connectivity index (χ0n) is 7.19. The summed E-state index contributed by atoms with van der Waals surface area (Å²) in [4.78, 5) is 20.9. The normalized spacial score (nSPS) is 18.2. The average molecular weight is 204 g/mol. The minimum Gasteiger partial charge on any atom is -0.449 e. The second kappa shape index (κ2) is 5.11. The molecule has 0 aromatic carbocycles. The smallest absolute Gasteiger partial charge is 0.449 e. The van der Waals surface area contributed by atoms with Crippen molar-refractivity contribution in [1.29, 1.82) is 0 Å². The number of rotatable bonds is 1. The van der Waals surface area contributed by atoms with Crippen LogP contribution in [0.4, 0.5) is 9.59 Å². The fourth-order valence-electron chi connectivity index (χ4n) is 1.41. The highest BCUT2D eigenvalue weighted by Gasteiger charge is 2.19. The Bertz CT molecular complexity index is 198. The Hall–Kier alpha value is -0.710. The van der Waals surface area contributed by atoms with Gasteiger partial charge >= 0.3 is 11.5 Å². The summed E-state index contributed by atoms with van der Waals surface area (Å²) >= 11 is 1.01. The number of thioether (sulfide) groups is 1. The molecule has 74 valence electrons. The van der Waals surface area contributed by atoms with Crippen LogP contribution in [0.1, 0.15) is 32.1 Å². The minimum absolute atomic E-state index is 0.251. The summed E-state index contributed by atoms with van der Waals surface area (Å²) in [6.07, 6.45) is 3.91. The van der Waals surface area contributed by atoms with Crippen molar-refractivity contribution < 1.29 is 19.4 Å². The van der Waals surface area contributed by atoms with E-state index in [9.17, 15) is 9.59 Å².